The van der Waals surface area contributed by atoms with E-state index in [1.807, 2.05) is 44.2 Å². The Morgan fingerprint density at radius 2 is 2.00 bits per heavy atom. The molecule has 0 bridgehead atoms. The van der Waals surface area contributed by atoms with Crippen molar-refractivity contribution < 1.29 is 6.22 Å². The van der Waals surface area contributed by atoms with E-state index in [9.17, 15) is 4.79 Å². The van der Waals surface area contributed by atoms with Gasteiger partial charge in [-0.05, 0) is 36.3 Å². The first kappa shape index (κ1) is 15.6. The Morgan fingerprint density at radius 3 is 2.68 bits per heavy atom. The van der Waals surface area contributed by atoms with Crippen LogP contribution < -0.4 is 5.32 Å². The third-order valence-corrected chi connectivity index (χ3v) is 4.08. The third kappa shape index (κ3) is 4.28. The molecular weight excluding hydrogens is 254 g/mol. The highest BCUT2D eigenvalue weighted by Gasteiger charge is 2.16. The van der Waals surface area contributed by atoms with Crippen LogP contribution >= 0.6 is 11.8 Å². The summed E-state index contributed by atoms with van der Waals surface area (Å²) < 4.78 is 0. The molecule has 1 N–H and O–H groups in total. The van der Waals surface area contributed by atoms with Crippen molar-refractivity contribution in [3.8, 4) is 0 Å². The minimum absolute atomic E-state index is 0. The van der Waals surface area contributed by atoms with Gasteiger partial charge < -0.3 is 5.32 Å². The van der Waals surface area contributed by atoms with Crippen molar-refractivity contribution in [1.29, 1.82) is 0 Å². The molecule has 0 saturated heterocycles. The van der Waals surface area contributed by atoms with Gasteiger partial charge in [0, 0.05) is 7.97 Å². The van der Waals surface area contributed by atoms with E-state index >= 15 is 0 Å². The van der Waals surface area contributed by atoms with Crippen LogP contribution in [0.1, 0.15) is 34.7 Å². The number of nitrogens with one attached hydrogen (secondary N) is 1. The predicted molar refractivity (Wildman–Crippen MR) is 85.8 cm³/mol. The number of benzene rings is 1. The van der Waals surface area contributed by atoms with E-state index in [1.165, 1.54) is 4.91 Å². The van der Waals surface area contributed by atoms with Gasteiger partial charge in [0.15, 0.2) is 0 Å². The van der Waals surface area contributed by atoms with Crippen molar-refractivity contribution in [3.05, 3.63) is 57.4 Å². The molecule has 0 fully saturated rings. The number of amides is 1. The molecule has 1 aromatic carbocycles. The molecule has 104 valence electrons. The normalized spacial score (nSPS) is 14.5. The van der Waals surface area contributed by atoms with Crippen molar-refractivity contribution in [2.24, 2.45) is 0 Å². The van der Waals surface area contributed by atoms with Gasteiger partial charge in [0.1, 0.15) is 0 Å². The second-order valence-electron chi connectivity index (χ2n) is 4.40. The molecule has 0 aromatic heterocycles. The maximum absolute atomic E-state index is 12.1. The van der Waals surface area contributed by atoms with E-state index < -0.39 is 0 Å². The van der Waals surface area contributed by atoms with Gasteiger partial charge in [-0.2, -0.15) is 0 Å². The van der Waals surface area contributed by atoms with Crippen LogP contribution in [0.3, 0.4) is 0 Å². The van der Waals surface area contributed by atoms with Crippen LogP contribution in [0.5, 0.6) is 0 Å². The van der Waals surface area contributed by atoms with Gasteiger partial charge in [-0.25, -0.2) is 0 Å². The molecular formula is C16H23NOS. The number of rotatable bonds is 3. The quantitative estimate of drug-likeness (QED) is 0.881. The van der Waals surface area contributed by atoms with E-state index in [4.69, 9.17) is 0 Å². The number of allylic oxidation sites excluding steroid dienone is 3. The number of hydrogen-bond acceptors (Lipinski definition) is 2. The maximum Gasteiger partial charge on any atom is 0.258 e. The molecule has 0 spiro atoms. The first-order chi connectivity index (χ1) is 8.66. The molecule has 0 saturated carbocycles. The van der Waals surface area contributed by atoms with Crippen LogP contribution in [0.4, 0.5) is 0 Å². The lowest BCUT2D eigenvalue weighted by Crippen LogP contribution is -2.24. The standard InChI is InChI=1S/C15H17NOS.CH4.H2/c1-11-8-9-12(2)18-14(11)15(17)16-10-13-6-4-3-5-7-13;;/h3-7,9H,8,10H2,1-2H3,(H,16,17);1H4;1H. The fraction of sp³-hybridized carbons (Fsp3) is 0.312. The smallest absolute Gasteiger partial charge is 0.258 e. The lowest BCUT2D eigenvalue weighted by Gasteiger charge is -2.15. The minimum Gasteiger partial charge on any atom is -0.348 e. The summed E-state index contributed by atoms with van der Waals surface area (Å²) in [6, 6.07) is 9.97. The number of carbonyl (C=O) groups excluding carboxylic acids is 1. The van der Waals surface area contributed by atoms with E-state index in [1.54, 1.807) is 11.8 Å². The minimum atomic E-state index is 0. The van der Waals surface area contributed by atoms with Gasteiger partial charge in [-0.3, -0.25) is 4.79 Å². The zero-order valence-corrected chi connectivity index (χ0v) is 11.5. The average Bonchev–Trinajstić information content (AvgIpc) is 2.40. The van der Waals surface area contributed by atoms with E-state index in [0.717, 1.165) is 22.5 Å². The first-order valence-electron chi connectivity index (χ1n) is 6.03. The summed E-state index contributed by atoms with van der Waals surface area (Å²) in [5.41, 5.74) is 2.27. The van der Waals surface area contributed by atoms with Gasteiger partial charge in [0.05, 0.1) is 4.91 Å². The number of thioether (sulfide) groups is 1. The molecule has 0 atom stereocenters. The maximum atomic E-state index is 12.1. The highest BCUT2D eigenvalue weighted by atomic mass is 32.2. The first-order valence-corrected chi connectivity index (χ1v) is 6.85. The summed E-state index contributed by atoms with van der Waals surface area (Å²) in [5.74, 6) is 0.0359. The second kappa shape index (κ2) is 7.19. The van der Waals surface area contributed by atoms with Crippen LogP contribution in [-0.4, -0.2) is 5.91 Å². The Kier molecular flexibility index (Phi) is 5.90. The second-order valence-corrected chi connectivity index (χ2v) is 5.66. The zero-order chi connectivity index (χ0) is 13.0. The Balaban J connectivity index is 0.00000180. The molecule has 1 heterocycles. The van der Waals surface area contributed by atoms with Crippen LogP contribution in [-0.2, 0) is 11.3 Å². The third-order valence-electron chi connectivity index (χ3n) is 2.85. The zero-order valence-electron chi connectivity index (χ0n) is 10.7. The largest absolute Gasteiger partial charge is 0.348 e. The summed E-state index contributed by atoms with van der Waals surface area (Å²) in [6.45, 7) is 4.65. The molecule has 3 heteroatoms. The number of hydrogen-bond donors (Lipinski definition) is 1. The Bertz CT molecular complexity index is 508. The fourth-order valence-corrected chi connectivity index (χ4v) is 2.69. The molecule has 1 aromatic rings. The SMILES string of the molecule is C.CC1=CCC(C)=C(C(=O)NCc2ccccc2)S1.[HH]. The fourth-order valence-electron chi connectivity index (χ4n) is 1.78. The van der Waals surface area contributed by atoms with Gasteiger partial charge in [-0.1, -0.05) is 55.6 Å². The lowest BCUT2D eigenvalue weighted by molar-refractivity contribution is -0.117. The summed E-state index contributed by atoms with van der Waals surface area (Å²) in [4.78, 5) is 14.2. The van der Waals surface area contributed by atoms with Crippen molar-refractivity contribution in [2.45, 2.75) is 34.2 Å². The van der Waals surface area contributed by atoms with Gasteiger partial charge >= 0.3 is 0 Å². The summed E-state index contributed by atoms with van der Waals surface area (Å²) in [5, 5.41) is 2.97. The van der Waals surface area contributed by atoms with Crippen molar-refractivity contribution in [2.75, 3.05) is 0 Å². The highest BCUT2D eigenvalue weighted by Crippen LogP contribution is 2.33. The molecule has 2 nitrogen and oxygen atoms in total. The molecule has 0 aliphatic carbocycles. The molecule has 0 radical (unpaired) electrons. The lowest BCUT2D eigenvalue weighted by atomic mass is 10.1. The van der Waals surface area contributed by atoms with Gasteiger partial charge in [-0.15, -0.1) is 0 Å². The Labute approximate surface area is 121 Å². The van der Waals surface area contributed by atoms with Crippen LogP contribution in [0, 0.1) is 0 Å². The van der Waals surface area contributed by atoms with E-state index in [0.29, 0.717) is 6.54 Å². The van der Waals surface area contributed by atoms with Gasteiger partial charge in [0.25, 0.3) is 5.91 Å². The predicted octanol–water partition coefficient (Wildman–Crippen LogP) is 4.50. The van der Waals surface area contributed by atoms with Gasteiger partial charge in [0.2, 0.25) is 0 Å². The summed E-state index contributed by atoms with van der Waals surface area (Å²) in [7, 11) is 0. The summed E-state index contributed by atoms with van der Waals surface area (Å²) >= 11 is 1.57. The summed E-state index contributed by atoms with van der Waals surface area (Å²) in [6.07, 6.45) is 3.04. The van der Waals surface area contributed by atoms with Crippen molar-refractivity contribution in [3.63, 3.8) is 0 Å². The van der Waals surface area contributed by atoms with E-state index in [2.05, 4.69) is 11.4 Å². The molecule has 1 aliphatic rings. The Hall–Kier alpha value is -1.48. The highest BCUT2D eigenvalue weighted by molar-refractivity contribution is 8.07. The molecule has 19 heavy (non-hydrogen) atoms. The number of carbonyl (C=O) groups is 1. The molecule has 1 aliphatic heterocycles. The Morgan fingerprint density at radius 1 is 1.32 bits per heavy atom. The molecule has 0 unspecified atom stereocenters. The monoisotopic (exact) mass is 277 g/mol. The molecule has 2 rings (SSSR count). The molecule has 1 amide bonds. The van der Waals surface area contributed by atoms with Crippen molar-refractivity contribution >= 4 is 17.7 Å². The van der Waals surface area contributed by atoms with Crippen LogP contribution in [0.15, 0.2) is 51.8 Å². The topological polar surface area (TPSA) is 29.1 Å². The van der Waals surface area contributed by atoms with Crippen LogP contribution in [0.2, 0.25) is 0 Å². The van der Waals surface area contributed by atoms with E-state index in [-0.39, 0.29) is 14.8 Å². The average molecular weight is 277 g/mol. The van der Waals surface area contributed by atoms with Crippen molar-refractivity contribution in [1.82, 2.24) is 5.32 Å². The van der Waals surface area contributed by atoms with Crippen LogP contribution in [0.25, 0.3) is 0 Å².